The summed E-state index contributed by atoms with van der Waals surface area (Å²) in [5, 5.41) is 11.3. The predicted octanol–water partition coefficient (Wildman–Crippen LogP) is 1.89. The predicted molar refractivity (Wildman–Crippen MR) is 68.8 cm³/mol. The van der Waals surface area contributed by atoms with Crippen LogP contribution >= 0.6 is 11.3 Å². The smallest absolute Gasteiger partial charge is 0.305 e. The van der Waals surface area contributed by atoms with Gasteiger partial charge in [-0.05, 0) is 25.1 Å². The van der Waals surface area contributed by atoms with Crippen molar-refractivity contribution < 1.29 is 14.7 Å². The van der Waals surface area contributed by atoms with E-state index in [1.54, 1.807) is 30.6 Å². The molecular formula is C12H12N2O3S. The van der Waals surface area contributed by atoms with Crippen molar-refractivity contribution in [1.29, 1.82) is 0 Å². The van der Waals surface area contributed by atoms with Gasteiger partial charge in [-0.25, -0.2) is 4.98 Å². The van der Waals surface area contributed by atoms with Gasteiger partial charge in [0.25, 0.3) is 5.91 Å². The summed E-state index contributed by atoms with van der Waals surface area (Å²) in [6.07, 6.45) is -0.0887. The molecule has 0 bridgehead atoms. The third-order valence-corrected chi connectivity index (χ3v) is 3.24. The number of fused-ring (bicyclic) bond motifs is 1. The van der Waals surface area contributed by atoms with Crippen molar-refractivity contribution in [2.24, 2.45) is 0 Å². The molecule has 1 aromatic carbocycles. The molecule has 1 atom stereocenters. The van der Waals surface area contributed by atoms with E-state index in [9.17, 15) is 9.59 Å². The number of benzene rings is 1. The quantitative estimate of drug-likeness (QED) is 0.883. The highest BCUT2D eigenvalue weighted by molar-refractivity contribution is 7.16. The SMILES string of the molecule is CC(CC(=O)O)NC(=O)c1ccc2ncsc2c1. The van der Waals surface area contributed by atoms with Crippen LogP contribution in [0.25, 0.3) is 10.2 Å². The molecular weight excluding hydrogens is 252 g/mol. The fourth-order valence-corrected chi connectivity index (χ4v) is 2.33. The standard InChI is InChI=1S/C12H12N2O3S/c1-7(4-11(15)16)14-12(17)8-2-3-9-10(5-8)18-6-13-9/h2-3,5-7H,4H2,1H3,(H,14,17)(H,15,16). The zero-order chi connectivity index (χ0) is 13.1. The van der Waals surface area contributed by atoms with Crippen molar-refractivity contribution >= 4 is 33.4 Å². The van der Waals surface area contributed by atoms with Crippen LogP contribution in [0.5, 0.6) is 0 Å². The highest BCUT2D eigenvalue weighted by Crippen LogP contribution is 2.19. The molecule has 0 fully saturated rings. The summed E-state index contributed by atoms with van der Waals surface area (Å²) in [4.78, 5) is 26.5. The number of aliphatic carboxylic acids is 1. The fourth-order valence-electron chi connectivity index (χ4n) is 1.62. The number of hydrogen-bond donors (Lipinski definition) is 2. The van der Waals surface area contributed by atoms with E-state index in [4.69, 9.17) is 5.11 Å². The van der Waals surface area contributed by atoms with Gasteiger partial charge in [-0.3, -0.25) is 9.59 Å². The number of carbonyl (C=O) groups is 2. The molecule has 6 heteroatoms. The number of thiazole rings is 1. The zero-order valence-electron chi connectivity index (χ0n) is 9.71. The van der Waals surface area contributed by atoms with Crippen LogP contribution in [-0.2, 0) is 4.79 Å². The van der Waals surface area contributed by atoms with Gasteiger partial charge in [-0.1, -0.05) is 0 Å². The molecule has 0 radical (unpaired) electrons. The number of hydrogen-bond acceptors (Lipinski definition) is 4. The van der Waals surface area contributed by atoms with Gasteiger partial charge in [-0.2, -0.15) is 0 Å². The topological polar surface area (TPSA) is 79.3 Å². The Morgan fingerprint density at radius 2 is 2.28 bits per heavy atom. The van der Waals surface area contributed by atoms with E-state index in [2.05, 4.69) is 10.3 Å². The number of nitrogens with zero attached hydrogens (tertiary/aromatic N) is 1. The molecule has 2 rings (SSSR count). The number of nitrogens with one attached hydrogen (secondary N) is 1. The maximum absolute atomic E-state index is 11.9. The molecule has 2 aromatic rings. The Hall–Kier alpha value is -1.95. The number of amides is 1. The van der Waals surface area contributed by atoms with Gasteiger partial charge in [0, 0.05) is 11.6 Å². The average Bonchev–Trinajstić information content (AvgIpc) is 2.74. The third-order valence-electron chi connectivity index (χ3n) is 2.45. The van der Waals surface area contributed by atoms with Crippen LogP contribution in [0, 0.1) is 0 Å². The molecule has 0 aliphatic heterocycles. The molecule has 1 amide bonds. The van der Waals surface area contributed by atoms with Crippen molar-refractivity contribution in [2.45, 2.75) is 19.4 Å². The molecule has 0 aliphatic carbocycles. The minimum Gasteiger partial charge on any atom is -0.481 e. The Morgan fingerprint density at radius 1 is 1.50 bits per heavy atom. The first kappa shape index (κ1) is 12.5. The van der Waals surface area contributed by atoms with Crippen LogP contribution in [0.1, 0.15) is 23.7 Å². The second kappa shape index (κ2) is 5.14. The van der Waals surface area contributed by atoms with Crippen molar-refractivity contribution in [3.8, 4) is 0 Å². The van der Waals surface area contributed by atoms with Crippen molar-refractivity contribution in [1.82, 2.24) is 10.3 Å². The maximum atomic E-state index is 11.9. The molecule has 1 unspecified atom stereocenters. The van der Waals surface area contributed by atoms with Crippen LogP contribution in [0.2, 0.25) is 0 Å². The fraction of sp³-hybridized carbons (Fsp3) is 0.250. The van der Waals surface area contributed by atoms with Gasteiger partial charge >= 0.3 is 5.97 Å². The molecule has 5 nitrogen and oxygen atoms in total. The Bertz CT molecular complexity index is 594. The largest absolute Gasteiger partial charge is 0.481 e. The van der Waals surface area contributed by atoms with Crippen molar-refractivity contribution in [3.05, 3.63) is 29.3 Å². The van der Waals surface area contributed by atoms with E-state index in [1.807, 2.05) is 0 Å². The average molecular weight is 264 g/mol. The van der Waals surface area contributed by atoms with E-state index in [-0.39, 0.29) is 12.3 Å². The second-order valence-electron chi connectivity index (χ2n) is 4.01. The lowest BCUT2D eigenvalue weighted by molar-refractivity contribution is -0.137. The van der Waals surface area contributed by atoms with Gasteiger partial charge in [0.1, 0.15) is 0 Å². The summed E-state index contributed by atoms with van der Waals surface area (Å²) in [6, 6.07) is 4.83. The third kappa shape index (κ3) is 2.84. The van der Waals surface area contributed by atoms with Gasteiger partial charge < -0.3 is 10.4 Å². The van der Waals surface area contributed by atoms with E-state index >= 15 is 0 Å². The summed E-state index contributed by atoms with van der Waals surface area (Å²) in [5.41, 5.74) is 3.10. The molecule has 0 saturated carbocycles. The van der Waals surface area contributed by atoms with Crippen LogP contribution in [-0.4, -0.2) is 28.0 Å². The maximum Gasteiger partial charge on any atom is 0.305 e. The van der Waals surface area contributed by atoms with E-state index in [0.717, 1.165) is 10.2 Å². The molecule has 94 valence electrons. The lowest BCUT2D eigenvalue weighted by atomic mass is 10.1. The van der Waals surface area contributed by atoms with Crippen molar-refractivity contribution in [3.63, 3.8) is 0 Å². The summed E-state index contributed by atoms with van der Waals surface area (Å²) >= 11 is 1.46. The lowest BCUT2D eigenvalue weighted by Crippen LogP contribution is -2.34. The van der Waals surface area contributed by atoms with E-state index < -0.39 is 12.0 Å². The monoisotopic (exact) mass is 264 g/mol. The number of carboxylic acid groups (broad SMARTS) is 1. The summed E-state index contributed by atoms with van der Waals surface area (Å²) < 4.78 is 0.938. The summed E-state index contributed by atoms with van der Waals surface area (Å²) in [6.45, 7) is 1.66. The molecule has 1 aromatic heterocycles. The minimum atomic E-state index is -0.930. The molecule has 1 heterocycles. The van der Waals surface area contributed by atoms with Gasteiger partial charge in [0.05, 0.1) is 22.1 Å². The number of carbonyl (C=O) groups excluding carboxylic acids is 1. The zero-order valence-corrected chi connectivity index (χ0v) is 10.5. The molecule has 0 saturated heterocycles. The van der Waals surface area contributed by atoms with E-state index in [1.165, 1.54) is 11.3 Å². The summed E-state index contributed by atoms with van der Waals surface area (Å²) in [5.74, 6) is -1.19. The van der Waals surface area contributed by atoms with Crippen LogP contribution in [0.3, 0.4) is 0 Å². The van der Waals surface area contributed by atoms with Gasteiger partial charge in [0.2, 0.25) is 0 Å². The lowest BCUT2D eigenvalue weighted by Gasteiger charge is -2.11. The minimum absolute atomic E-state index is 0.0887. The number of aromatic nitrogens is 1. The normalized spacial score (nSPS) is 12.3. The molecule has 18 heavy (non-hydrogen) atoms. The van der Waals surface area contributed by atoms with Crippen molar-refractivity contribution in [2.75, 3.05) is 0 Å². The Labute approximate surface area is 107 Å². The molecule has 2 N–H and O–H groups in total. The summed E-state index contributed by atoms with van der Waals surface area (Å²) in [7, 11) is 0. The second-order valence-corrected chi connectivity index (χ2v) is 4.89. The van der Waals surface area contributed by atoms with Crippen LogP contribution in [0.4, 0.5) is 0 Å². The van der Waals surface area contributed by atoms with Gasteiger partial charge in [-0.15, -0.1) is 11.3 Å². The highest BCUT2D eigenvalue weighted by Gasteiger charge is 2.13. The number of rotatable bonds is 4. The molecule has 0 aliphatic rings. The Morgan fingerprint density at radius 3 is 3.00 bits per heavy atom. The van der Waals surface area contributed by atoms with E-state index in [0.29, 0.717) is 5.56 Å². The Kier molecular flexibility index (Phi) is 3.57. The number of carboxylic acids is 1. The molecule has 0 spiro atoms. The van der Waals surface area contributed by atoms with Gasteiger partial charge in [0.15, 0.2) is 0 Å². The Balaban J connectivity index is 2.10. The highest BCUT2D eigenvalue weighted by atomic mass is 32.1. The first-order chi connectivity index (χ1) is 8.56. The van der Waals surface area contributed by atoms with Crippen LogP contribution in [0.15, 0.2) is 23.7 Å². The first-order valence-corrected chi connectivity index (χ1v) is 6.30. The van der Waals surface area contributed by atoms with Crippen LogP contribution < -0.4 is 5.32 Å². The first-order valence-electron chi connectivity index (χ1n) is 5.42.